The van der Waals surface area contributed by atoms with E-state index in [0.29, 0.717) is 16.8 Å². The third-order valence-electron chi connectivity index (χ3n) is 4.03. The summed E-state index contributed by atoms with van der Waals surface area (Å²) >= 11 is 1.41. The molecule has 0 fully saturated rings. The predicted molar refractivity (Wildman–Crippen MR) is 109 cm³/mol. The van der Waals surface area contributed by atoms with E-state index in [1.807, 2.05) is 17.5 Å². The number of nitriles is 1. The van der Waals surface area contributed by atoms with Crippen molar-refractivity contribution in [2.24, 2.45) is 0 Å². The molecule has 0 saturated carbocycles. The van der Waals surface area contributed by atoms with Crippen LogP contribution in [0.5, 0.6) is 0 Å². The maximum Gasteiger partial charge on any atom is 0.229 e. The van der Waals surface area contributed by atoms with E-state index < -0.39 is 11.6 Å². The van der Waals surface area contributed by atoms with Crippen LogP contribution in [0.3, 0.4) is 0 Å². The zero-order valence-electron chi connectivity index (χ0n) is 14.9. The zero-order chi connectivity index (χ0) is 20.2. The molecule has 4 rings (SSSR count). The van der Waals surface area contributed by atoms with Gasteiger partial charge in [-0.1, -0.05) is 6.07 Å². The summed E-state index contributed by atoms with van der Waals surface area (Å²) in [7, 11) is 0. The van der Waals surface area contributed by atoms with Crippen LogP contribution in [0.15, 0.2) is 66.2 Å². The van der Waals surface area contributed by atoms with E-state index in [1.165, 1.54) is 35.7 Å². The van der Waals surface area contributed by atoms with E-state index in [0.717, 1.165) is 4.88 Å². The van der Waals surface area contributed by atoms with Crippen LogP contribution in [0.2, 0.25) is 0 Å². The minimum Gasteiger partial charge on any atom is -0.335 e. The Kier molecular flexibility index (Phi) is 5.14. The molecule has 2 N–H and O–H groups in total. The normalized spacial score (nSPS) is 10.4. The molecule has 0 atom stereocenters. The highest BCUT2D eigenvalue weighted by Crippen LogP contribution is 2.31. The Morgan fingerprint density at radius 2 is 1.72 bits per heavy atom. The highest BCUT2D eigenvalue weighted by Gasteiger charge is 2.14. The molecule has 0 aliphatic heterocycles. The number of halogens is 2. The molecule has 0 spiro atoms. The second-order valence-electron chi connectivity index (χ2n) is 6.00. The van der Waals surface area contributed by atoms with Crippen molar-refractivity contribution < 1.29 is 8.78 Å². The Bertz CT molecular complexity index is 1160. The van der Waals surface area contributed by atoms with Crippen LogP contribution in [-0.4, -0.2) is 9.97 Å². The Hall–Kier alpha value is -3.83. The van der Waals surface area contributed by atoms with Crippen LogP contribution in [0.1, 0.15) is 5.56 Å². The lowest BCUT2D eigenvalue weighted by molar-refractivity contribution is 0.591. The summed E-state index contributed by atoms with van der Waals surface area (Å²) in [5.41, 5.74) is 1.40. The fourth-order valence-corrected chi connectivity index (χ4v) is 3.37. The molecule has 29 heavy (non-hydrogen) atoms. The Labute approximate surface area is 169 Å². The molecule has 2 aromatic carbocycles. The van der Waals surface area contributed by atoms with Crippen molar-refractivity contribution in [3.8, 4) is 16.5 Å². The van der Waals surface area contributed by atoms with Crippen LogP contribution in [0, 0.1) is 23.0 Å². The Morgan fingerprint density at radius 1 is 0.966 bits per heavy atom. The number of hydrogen-bond acceptors (Lipinski definition) is 6. The lowest BCUT2D eigenvalue weighted by atomic mass is 10.1. The topological polar surface area (TPSA) is 73.6 Å². The summed E-state index contributed by atoms with van der Waals surface area (Å²) in [4.78, 5) is 9.11. The third-order valence-corrected chi connectivity index (χ3v) is 4.95. The van der Waals surface area contributed by atoms with E-state index >= 15 is 0 Å². The van der Waals surface area contributed by atoms with Crippen molar-refractivity contribution in [1.82, 2.24) is 9.97 Å². The van der Waals surface area contributed by atoms with Crippen molar-refractivity contribution in [2.75, 3.05) is 10.6 Å². The molecule has 5 nitrogen and oxygen atoms in total. The Morgan fingerprint density at radius 3 is 2.38 bits per heavy atom. The van der Waals surface area contributed by atoms with Gasteiger partial charge in [-0.05, 0) is 59.5 Å². The van der Waals surface area contributed by atoms with Crippen LogP contribution < -0.4 is 10.6 Å². The molecule has 0 amide bonds. The smallest absolute Gasteiger partial charge is 0.229 e. The quantitative estimate of drug-likeness (QED) is 0.436. The third kappa shape index (κ3) is 4.20. The van der Waals surface area contributed by atoms with Crippen molar-refractivity contribution in [1.29, 1.82) is 5.26 Å². The molecule has 0 unspecified atom stereocenters. The summed E-state index contributed by atoms with van der Waals surface area (Å²) in [6, 6.07) is 16.5. The summed E-state index contributed by atoms with van der Waals surface area (Å²) in [5, 5.41) is 16.4. The number of benzene rings is 2. The molecule has 0 aliphatic carbocycles. The first kappa shape index (κ1) is 18.5. The first-order valence-corrected chi connectivity index (χ1v) is 9.40. The fraction of sp³-hybridized carbons (Fsp3) is 0. The maximum absolute atomic E-state index is 14.5. The average molecular weight is 405 g/mol. The highest BCUT2D eigenvalue weighted by atomic mass is 32.1. The minimum atomic E-state index is -0.714. The summed E-state index contributed by atoms with van der Waals surface area (Å²) in [5.74, 6) is -0.948. The van der Waals surface area contributed by atoms with Gasteiger partial charge < -0.3 is 10.6 Å². The van der Waals surface area contributed by atoms with Crippen molar-refractivity contribution in [3.63, 3.8) is 0 Å². The molecule has 0 saturated heterocycles. The van der Waals surface area contributed by atoms with Crippen molar-refractivity contribution >= 4 is 34.5 Å². The van der Waals surface area contributed by atoms with Gasteiger partial charge in [0.05, 0.1) is 11.6 Å². The van der Waals surface area contributed by atoms with Gasteiger partial charge in [0.1, 0.15) is 23.1 Å². The van der Waals surface area contributed by atoms with Crippen molar-refractivity contribution in [3.05, 3.63) is 83.4 Å². The molecule has 142 valence electrons. The van der Waals surface area contributed by atoms with Gasteiger partial charge in [0, 0.05) is 16.8 Å². The van der Waals surface area contributed by atoms with Crippen LogP contribution >= 0.6 is 11.3 Å². The first-order valence-electron chi connectivity index (χ1n) is 8.52. The Balaban J connectivity index is 1.55. The molecule has 8 heteroatoms. The lowest BCUT2D eigenvalue weighted by Crippen LogP contribution is -2.03. The van der Waals surface area contributed by atoms with Gasteiger partial charge in [0.15, 0.2) is 0 Å². The van der Waals surface area contributed by atoms with E-state index in [-0.39, 0.29) is 17.5 Å². The van der Waals surface area contributed by atoms with Gasteiger partial charge in [-0.3, -0.25) is 0 Å². The summed E-state index contributed by atoms with van der Waals surface area (Å²) in [6.45, 7) is 0. The van der Waals surface area contributed by atoms with Gasteiger partial charge in [-0.2, -0.15) is 10.2 Å². The van der Waals surface area contributed by atoms with E-state index in [9.17, 15) is 8.78 Å². The molecule has 2 aromatic heterocycles. The fourth-order valence-electron chi connectivity index (χ4n) is 2.65. The highest BCUT2D eigenvalue weighted by molar-refractivity contribution is 7.13. The molecule has 0 bridgehead atoms. The number of nitrogens with zero attached hydrogens (tertiary/aromatic N) is 3. The molecule has 2 heterocycles. The molecule has 4 aromatic rings. The number of rotatable bonds is 5. The number of hydrogen-bond donors (Lipinski definition) is 2. The molecule has 0 aliphatic rings. The minimum absolute atomic E-state index is 0.234. The average Bonchev–Trinajstić information content (AvgIpc) is 3.26. The van der Waals surface area contributed by atoms with Crippen LogP contribution in [-0.2, 0) is 0 Å². The standard InChI is InChI=1S/C21H13F2N5S/c22-16-10-14(18-2-1-9-29-18)11-17(23)20(16)27-19-7-8-25-21(28-19)26-15-5-3-13(12-24)4-6-15/h1-11H,(H2,25,26,27,28). The predicted octanol–water partition coefficient (Wildman–Crippen LogP) is 5.84. The van der Waals surface area contributed by atoms with Gasteiger partial charge in [0.25, 0.3) is 0 Å². The summed E-state index contributed by atoms with van der Waals surface area (Å²) in [6.07, 6.45) is 1.47. The number of anilines is 4. The monoisotopic (exact) mass is 405 g/mol. The SMILES string of the molecule is N#Cc1ccc(Nc2nccc(Nc3c(F)cc(-c4cccs4)cc3F)n2)cc1. The van der Waals surface area contributed by atoms with Gasteiger partial charge >= 0.3 is 0 Å². The van der Waals surface area contributed by atoms with E-state index in [4.69, 9.17) is 5.26 Å². The molecular weight excluding hydrogens is 392 g/mol. The second kappa shape index (κ2) is 8.04. The van der Waals surface area contributed by atoms with Crippen molar-refractivity contribution in [2.45, 2.75) is 0 Å². The summed E-state index contributed by atoms with van der Waals surface area (Å²) < 4.78 is 29.0. The van der Waals surface area contributed by atoms with Gasteiger partial charge in [-0.25, -0.2) is 13.8 Å². The number of thiophene rings is 1. The van der Waals surface area contributed by atoms with Crippen LogP contribution in [0.25, 0.3) is 10.4 Å². The molecular formula is C21H13F2N5S. The largest absolute Gasteiger partial charge is 0.335 e. The van der Waals surface area contributed by atoms with E-state index in [1.54, 1.807) is 30.3 Å². The second-order valence-corrected chi connectivity index (χ2v) is 6.94. The van der Waals surface area contributed by atoms with E-state index in [2.05, 4.69) is 20.6 Å². The molecule has 0 radical (unpaired) electrons. The van der Waals surface area contributed by atoms with Gasteiger partial charge in [-0.15, -0.1) is 11.3 Å². The maximum atomic E-state index is 14.5. The lowest BCUT2D eigenvalue weighted by Gasteiger charge is -2.11. The van der Waals surface area contributed by atoms with Crippen LogP contribution in [0.4, 0.5) is 31.9 Å². The van der Waals surface area contributed by atoms with Gasteiger partial charge in [0.2, 0.25) is 5.95 Å². The number of nitrogens with one attached hydrogen (secondary N) is 2. The zero-order valence-corrected chi connectivity index (χ0v) is 15.7. The number of aromatic nitrogens is 2. The first-order chi connectivity index (χ1) is 14.1.